The van der Waals surface area contributed by atoms with Gasteiger partial charge in [0.2, 0.25) is 0 Å². The first-order chi connectivity index (χ1) is 13.1. The van der Waals surface area contributed by atoms with Gasteiger partial charge < -0.3 is 9.16 Å². The fourth-order valence-electron chi connectivity index (χ4n) is 3.68. The van der Waals surface area contributed by atoms with Gasteiger partial charge in [-0.25, -0.2) is 4.79 Å². The highest BCUT2D eigenvalue weighted by atomic mass is 28.4. The van der Waals surface area contributed by atoms with Crippen LogP contribution in [0, 0.1) is 5.92 Å². The van der Waals surface area contributed by atoms with E-state index in [0.717, 1.165) is 36.5 Å². The van der Waals surface area contributed by atoms with Crippen LogP contribution in [0.4, 0.5) is 0 Å². The molecular formula is C23H40O4Si. The standard InChI is InChI=1S/C23H40O4Si/c1-8-28(9-2,10-3)27-23(7)16-14-21(24)19(5)13-11-12-18(4)20(6)26-22(25)15-17-23/h13,15,17-18,20H,8-12,14,16H2,1-7H3/b17-15+,19-13+/t18-,20+,23+/m0/s1. The zero-order valence-electron chi connectivity index (χ0n) is 19.0. The van der Waals surface area contributed by atoms with E-state index in [0.29, 0.717) is 12.8 Å². The van der Waals surface area contributed by atoms with Gasteiger partial charge in [-0.2, -0.15) is 0 Å². The average molecular weight is 409 g/mol. The minimum absolute atomic E-state index is 0.160. The van der Waals surface area contributed by atoms with Crippen LogP contribution in [0.3, 0.4) is 0 Å². The van der Waals surface area contributed by atoms with Crippen molar-refractivity contribution in [2.24, 2.45) is 5.92 Å². The third-order valence-electron chi connectivity index (χ3n) is 6.42. The molecule has 1 aliphatic rings. The Labute approximate surface area is 172 Å². The highest BCUT2D eigenvalue weighted by Crippen LogP contribution is 2.32. The van der Waals surface area contributed by atoms with E-state index in [2.05, 4.69) is 27.7 Å². The van der Waals surface area contributed by atoms with E-state index in [1.54, 1.807) is 0 Å². The highest BCUT2D eigenvalue weighted by Gasteiger charge is 2.37. The summed E-state index contributed by atoms with van der Waals surface area (Å²) in [4.78, 5) is 25.0. The van der Waals surface area contributed by atoms with Crippen LogP contribution in [0.15, 0.2) is 23.8 Å². The molecule has 160 valence electrons. The number of hydrogen-bond acceptors (Lipinski definition) is 4. The van der Waals surface area contributed by atoms with Gasteiger partial charge in [0.25, 0.3) is 0 Å². The fourth-order valence-corrected chi connectivity index (χ4v) is 6.77. The van der Waals surface area contributed by atoms with Crippen molar-refractivity contribution in [3.63, 3.8) is 0 Å². The predicted molar refractivity (Wildman–Crippen MR) is 118 cm³/mol. The minimum atomic E-state index is -1.90. The van der Waals surface area contributed by atoms with E-state index in [4.69, 9.17) is 9.16 Å². The summed E-state index contributed by atoms with van der Waals surface area (Å²) in [6.07, 6.45) is 7.90. The van der Waals surface area contributed by atoms with Crippen LogP contribution < -0.4 is 0 Å². The van der Waals surface area contributed by atoms with Crippen molar-refractivity contribution in [2.45, 2.75) is 104 Å². The first-order valence-electron chi connectivity index (χ1n) is 10.9. The second-order valence-electron chi connectivity index (χ2n) is 8.50. The Morgan fingerprint density at radius 1 is 1.18 bits per heavy atom. The van der Waals surface area contributed by atoms with Crippen LogP contribution in [0.1, 0.15) is 74.1 Å². The molecule has 0 bridgehead atoms. The van der Waals surface area contributed by atoms with Crippen molar-refractivity contribution in [2.75, 3.05) is 0 Å². The van der Waals surface area contributed by atoms with E-state index < -0.39 is 13.9 Å². The number of carbonyl (C=O) groups excluding carboxylic acids is 2. The van der Waals surface area contributed by atoms with Gasteiger partial charge in [0, 0.05) is 12.5 Å². The normalized spacial score (nSPS) is 31.5. The van der Waals surface area contributed by atoms with E-state index in [9.17, 15) is 9.59 Å². The Bertz CT molecular complexity index is 583. The SMILES string of the molecule is CC[Si](CC)(CC)O[C@@]1(C)/C=C/C(=O)O[C@H](C)[C@@H](C)CC/C=C(\C)C(=O)CC1. The summed E-state index contributed by atoms with van der Waals surface area (Å²) in [6, 6.07) is 3.07. The summed E-state index contributed by atoms with van der Waals surface area (Å²) < 4.78 is 12.3. The maximum Gasteiger partial charge on any atom is 0.330 e. The van der Waals surface area contributed by atoms with Crippen LogP contribution in [0.5, 0.6) is 0 Å². The summed E-state index contributed by atoms with van der Waals surface area (Å²) >= 11 is 0. The Morgan fingerprint density at radius 3 is 2.36 bits per heavy atom. The van der Waals surface area contributed by atoms with E-state index >= 15 is 0 Å². The summed E-state index contributed by atoms with van der Waals surface area (Å²) in [7, 11) is -1.90. The number of allylic oxidation sites excluding steroid dienone is 2. The number of carbonyl (C=O) groups is 2. The number of rotatable bonds is 5. The molecule has 0 aromatic heterocycles. The molecule has 0 unspecified atom stereocenters. The molecule has 0 saturated heterocycles. The number of hydrogen-bond donors (Lipinski definition) is 0. The first-order valence-corrected chi connectivity index (χ1v) is 13.4. The lowest BCUT2D eigenvalue weighted by atomic mass is 9.94. The minimum Gasteiger partial charge on any atom is -0.459 e. The van der Waals surface area contributed by atoms with E-state index in [1.807, 2.05) is 32.9 Å². The highest BCUT2D eigenvalue weighted by molar-refractivity contribution is 6.73. The van der Waals surface area contributed by atoms with Gasteiger partial charge in [-0.05, 0) is 75.7 Å². The van der Waals surface area contributed by atoms with Gasteiger partial charge in [-0.15, -0.1) is 0 Å². The van der Waals surface area contributed by atoms with Crippen molar-refractivity contribution in [3.8, 4) is 0 Å². The van der Waals surface area contributed by atoms with Crippen LogP contribution in [0.25, 0.3) is 0 Å². The molecule has 5 heteroatoms. The van der Waals surface area contributed by atoms with Gasteiger partial charge in [0.05, 0.1) is 5.60 Å². The smallest absolute Gasteiger partial charge is 0.330 e. The van der Waals surface area contributed by atoms with Crippen molar-refractivity contribution in [1.29, 1.82) is 0 Å². The van der Waals surface area contributed by atoms with Gasteiger partial charge in [-0.3, -0.25) is 4.79 Å². The molecule has 0 radical (unpaired) electrons. The molecule has 3 atom stereocenters. The predicted octanol–water partition coefficient (Wildman–Crippen LogP) is 5.98. The molecule has 0 aromatic rings. The lowest BCUT2D eigenvalue weighted by Crippen LogP contribution is -2.45. The largest absolute Gasteiger partial charge is 0.459 e. The van der Waals surface area contributed by atoms with Crippen molar-refractivity contribution in [1.82, 2.24) is 0 Å². The van der Waals surface area contributed by atoms with Crippen LogP contribution >= 0.6 is 0 Å². The number of cyclic esters (lactones) is 1. The summed E-state index contributed by atoms with van der Waals surface area (Å²) in [5, 5.41) is 0. The lowest BCUT2D eigenvalue weighted by molar-refractivity contribution is -0.144. The molecule has 4 nitrogen and oxygen atoms in total. The Balaban J connectivity index is 3.18. The summed E-state index contributed by atoms with van der Waals surface area (Å²) in [6.45, 7) is 14.5. The van der Waals surface area contributed by atoms with Crippen molar-refractivity contribution in [3.05, 3.63) is 23.8 Å². The summed E-state index contributed by atoms with van der Waals surface area (Å²) in [5.74, 6) is 0.0729. The lowest BCUT2D eigenvalue weighted by Gasteiger charge is -2.39. The first kappa shape index (κ1) is 24.8. The second-order valence-corrected chi connectivity index (χ2v) is 13.2. The zero-order valence-corrected chi connectivity index (χ0v) is 20.0. The molecule has 0 aliphatic carbocycles. The molecule has 1 aliphatic heterocycles. The zero-order chi connectivity index (χ0) is 21.4. The average Bonchev–Trinajstić information content (AvgIpc) is 2.68. The molecule has 0 fully saturated rings. The number of ketones is 1. The molecule has 0 saturated carbocycles. The Morgan fingerprint density at radius 2 is 1.79 bits per heavy atom. The molecule has 1 heterocycles. The molecular weight excluding hydrogens is 368 g/mol. The molecule has 0 spiro atoms. The molecule has 0 amide bonds. The topological polar surface area (TPSA) is 52.6 Å². The van der Waals surface area contributed by atoms with Gasteiger partial charge >= 0.3 is 5.97 Å². The monoisotopic (exact) mass is 408 g/mol. The van der Waals surface area contributed by atoms with Gasteiger partial charge in [0.1, 0.15) is 6.10 Å². The Kier molecular flexibility index (Phi) is 9.85. The third-order valence-corrected chi connectivity index (χ3v) is 11.2. The van der Waals surface area contributed by atoms with E-state index in [-0.39, 0.29) is 23.8 Å². The number of esters is 1. The van der Waals surface area contributed by atoms with Gasteiger partial charge in [-0.1, -0.05) is 33.8 Å². The summed E-state index contributed by atoms with van der Waals surface area (Å²) in [5.41, 5.74) is 0.188. The number of Topliss-reactive ketones (excluding diaryl/α,β-unsaturated/α-hetero) is 1. The molecule has 1 rings (SSSR count). The number of ether oxygens (including phenoxy) is 1. The van der Waals surface area contributed by atoms with Crippen molar-refractivity contribution >= 4 is 20.1 Å². The Hall–Kier alpha value is -1.20. The fraction of sp³-hybridized carbons (Fsp3) is 0.739. The quantitative estimate of drug-likeness (QED) is 0.415. The van der Waals surface area contributed by atoms with Gasteiger partial charge in [0.15, 0.2) is 14.1 Å². The third kappa shape index (κ3) is 7.32. The molecule has 0 aromatic carbocycles. The van der Waals surface area contributed by atoms with Crippen LogP contribution in [-0.4, -0.2) is 31.8 Å². The molecule has 0 N–H and O–H groups in total. The van der Waals surface area contributed by atoms with Crippen molar-refractivity contribution < 1.29 is 18.8 Å². The maximum absolute atomic E-state index is 12.6. The van der Waals surface area contributed by atoms with Crippen LogP contribution in [0.2, 0.25) is 18.1 Å². The maximum atomic E-state index is 12.6. The van der Waals surface area contributed by atoms with Crippen LogP contribution in [-0.2, 0) is 18.8 Å². The van der Waals surface area contributed by atoms with E-state index in [1.165, 1.54) is 6.08 Å². The second kappa shape index (κ2) is 11.1. The molecule has 28 heavy (non-hydrogen) atoms.